The first kappa shape index (κ1) is 23.3. The fourth-order valence-corrected chi connectivity index (χ4v) is 2.68. The Kier molecular flexibility index (Phi) is 8.45. The number of carbonyl (C=O) groups excluding carboxylic acids is 2. The van der Waals surface area contributed by atoms with Crippen molar-refractivity contribution in [3.63, 3.8) is 0 Å². The Hall–Kier alpha value is -4.00. The zero-order valence-electron chi connectivity index (χ0n) is 17.7. The van der Waals surface area contributed by atoms with Gasteiger partial charge in [0.25, 0.3) is 0 Å². The summed E-state index contributed by atoms with van der Waals surface area (Å²) in [6.07, 6.45) is 5.85. The van der Waals surface area contributed by atoms with E-state index in [0.29, 0.717) is 40.4 Å². The van der Waals surface area contributed by atoms with E-state index in [1.165, 1.54) is 46.7 Å². The number of carbonyl (C=O) groups is 2. The first-order valence-corrected chi connectivity index (χ1v) is 9.20. The van der Waals surface area contributed by atoms with E-state index in [1.54, 1.807) is 42.5 Å². The lowest BCUT2D eigenvalue weighted by molar-refractivity contribution is -0.114. The minimum atomic E-state index is -0.640. The topological polar surface area (TPSA) is 91.3 Å². The van der Waals surface area contributed by atoms with Crippen LogP contribution in [0.1, 0.15) is 11.1 Å². The van der Waals surface area contributed by atoms with Gasteiger partial charge >= 0.3 is 0 Å². The molecule has 0 fully saturated rings. The zero-order chi connectivity index (χ0) is 22.8. The lowest BCUT2D eigenvalue weighted by Gasteiger charge is -2.07. The molecule has 7 nitrogen and oxygen atoms in total. The van der Waals surface area contributed by atoms with Crippen LogP contribution in [0.3, 0.4) is 0 Å². The molecule has 0 aliphatic rings. The van der Waals surface area contributed by atoms with Crippen molar-refractivity contribution in [1.82, 2.24) is 0 Å². The zero-order valence-corrected chi connectivity index (χ0v) is 17.7. The molecule has 7 heteroatoms. The molecule has 1 N–H and O–H groups in total. The minimum Gasteiger partial charge on any atom is -0.507 e. The molecule has 0 aromatic heterocycles. The summed E-state index contributed by atoms with van der Waals surface area (Å²) in [5.41, 5.74) is 0.979. The third-order valence-corrected chi connectivity index (χ3v) is 4.34. The van der Waals surface area contributed by atoms with Crippen molar-refractivity contribution >= 4 is 24.2 Å². The van der Waals surface area contributed by atoms with E-state index in [0.717, 1.165) is 0 Å². The number of aliphatic hydroxyl groups is 1. The highest BCUT2D eigenvalue weighted by Gasteiger charge is 2.11. The fraction of sp³-hybridized carbons (Fsp3) is 0.167. The summed E-state index contributed by atoms with van der Waals surface area (Å²) in [6, 6.07) is 10.3. The van der Waals surface area contributed by atoms with Gasteiger partial charge in [0.05, 0.1) is 28.4 Å². The van der Waals surface area contributed by atoms with Crippen molar-refractivity contribution in [2.24, 2.45) is 0 Å². The van der Waals surface area contributed by atoms with Crippen molar-refractivity contribution in [2.45, 2.75) is 0 Å². The maximum atomic E-state index is 12.4. The van der Waals surface area contributed by atoms with E-state index < -0.39 is 11.5 Å². The number of ether oxygens (including phenoxy) is 4. The number of methoxy groups -OCH3 is 4. The molecule has 2 aromatic rings. The van der Waals surface area contributed by atoms with Crippen LogP contribution in [0.5, 0.6) is 23.0 Å². The van der Waals surface area contributed by atoms with Crippen LogP contribution < -0.4 is 18.9 Å². The van der Waals surface area contributed by atoms with Gasteiger partial charge in [0, 0.05) is 0 Å². The van der Waals surface area contributed by atoms with Crippen molar-refractivity contribution in [1.29, 1.82) is 0 Å². The Balaban J connectivity index is 2.23. The first-order chi connectivity index (χ1) is 15.0. The second-order valence-corrected chi connectivity index (χ2v) is 6.18. The van der Waals surface area contributed by atoms with Crippen LogP contribution in [0.2, 0.25) is 0 Å². The Morgan fingerprint density at radius 3 is 1.61 bits per heavy atom. The average Bonchev–Trinajstić information content (AvgIpc) is 2.81. The number of hydrogen-bond acceptors (Lipinski definition) is 7. The third-order valence-electron chi connectivity index (χ3n) is 4.34. The Labute approximate surface area is 180 Å². The second kappa shape index (κ2) is 11.3. The van der Waals surface area contributed by atoms with Gasteiger partial charge in [-0.15, -0.1) is 0 Å². The number of benzene rings is 2. The van der Waals surface area contributed by atoms with Gasteiger partial charge in [0.15, 0.2) is 35.1 Å². The normalized spacial score (nSPS) is 11.9. The van der Waals surface area contributed by atoms with Gasteiger partial charge in [-0.1, -0.05) is 24.3 Å². The van der Waals surface area contributed by atoms with Crippen LogP contribution in [0.25, 0.3) is 12.2 Å². The largest absolute Gasteiger partial charge is 0.507 e. The van der Waals surface area contributed by atoms with Crippen molar-refractivity contribution in [3.8, 4) is 23.0 Å². The molecule has 0 saturated carbocycles. The van der Waals surface area contributed by atoms with Gasteiger partial charge in [-0.2, -0.15) is 0 Å². The van der Waals surface area contributed by atoms with Crippen LogP contribution in [-0.4, -0.2) is 45.6 Å². The van der Waals surface area contributed by atoms with Crippen LogP contribution in [0.4, 0.5) is 0 Å². The predicted octanol–water partition coefficient (Wildman–Crippen LogP) is 4.03. The van der Waals surface area contributed by atoms with Crippen LogP contribution in [-0.2, 0) is 9.59 Å². The van der Waals surface area contributed by atoms with Crippen molar-refractivity contribution < 1.29 is 33.6 Å². The van der Waals surface area contributed by atoms with E-state index in [2.05, 4.69) is 0 Å². The number of aliphatic hydroxyl groups excluding tert-OH is 1. The molecule has 0 radical (unpaired) electrons. The van der Waals surface area contributed by atoms with E-state index >= 15 is 0 Å². The molecule has 0 bridgehead atoms. The van der Waals surface area contributed by atoms with Crippen molar-refractivity contribution in [2.75, 3.05) is 28.4 Å². The number of aldehydes is 1. The summed E-state index contributed by atoms with van der Waals surface area (Å²) < 4.78 is 20.8. The SMILES string of the molecule is COc1ccc(/C=C/C(=O)/C(C=O)=C(O)/C=C/c2ccc(OC)c(OC)c2)cc1OC. The van der Waals surface area contributed by atoms with Gasteiger partial charge in [0.1, 0.15) is 11.3 Å². The molecule has 0 atom stereocenters. The molecule has 0 amide bonds. The minimum absolute atomic E-state index is 0.315. The Morgan fingerprint density at radius 1 is 0.742 bits per heavy atom. The molecular formula is C24H24O7. The molecule has 0 spiro atoms. The summed E-state index contributed by atoms with van der Waals surface area (Å²) in [5, 5.41) is 10.2. The fourth-order valence-electron chi connectivity index (χ4n) is 2.68. The number of allylic oxidation sites excluding steroid dienone is 3. The molecular weight excluding hydrogens is 400 g/mol. The van der Waals surface area contributed by atoms with E-state index in [4.69, 9.17) is 18.9 Å². The molecule has 2 aromatic carbocycles. The summed E-state index contributed by atoms with van der Waals surface area (Å²) in [6.45, 7) is 0. The van der Waals surface area contributed by atoms with E-state index in [9.17, 15) is 14.7 Å². The number of hydrogen-bond donors (Lipinski definition) is 1. The van der Waals surface area contributed by atoms with Crippen molar-refractivity contribution in [3.05, 3.63) is 71.0 Å². The average molecular weight is 424 g/mol. The maximum Gasteiger partial charge on any atom is 0.192 e. The van der Waals surface area contributed by atoms with Crippen LogP contribution >= 0.6 is 0 Å². The van der Waals surface area contributed by atoms with E-state index in [1.807, 2.05) is 0 Å². The maximum absolute atomic E-state index is 12.4. The monoisotopic (exact) mass is 424 g/mol. The first-order valence-electron chi connectivity index (χ1n) is 9.20. The molecule has 0 unspecified atom stereocenters. The highest BCUT2D eigenvalue weighted by atomic mass is 16.5. The number of ketones is 1. The lowest BCUT2D eigenvalue weighted by atomic mass is 10.1. The van der Waals surface area contributed by atoms with E-state index in [-0.39, 0.29) is 5.57 Å². The predicted molar refractivity (Wildman–Crippen MR) is 118 cm³/mol. The quantitative estimate of drug-likeness (QED) is 0.154. The van der Waals surface area contributed by atoms with Gasteiger partial charge in [-0.3, -0.25) is 9.59 Å². The Morgan fingerprint density at radius 2 is 1.19 bits per heavy atom. The standard InChI is InChI=1S/C24H24O7/c1-28-21-11-7-16(13-23(21)30-3)5-9-19(26)18(15-25)20(27)10-6-17-8-12-22(29-2)24(14-17)31-4/h5-15,26H,1-4H3/b9-5+,10-6+,19-18-. The number of rotatable bonds is 10. The highest BCUT2D eigenvalue weighted by Crippen LogP contribution is 2.29. The Bertz CT molecular complexity index is 1030. The second-order valence-electron chi connectivity index (χ2n) is 6.18. The van der Waals surface area contributed by atoms with Crippen LogP contribution in [0, 0.1) is 0 Å². The van der Waals surface area contributed by atoms with Gasteiger partial charge in [0.2, 0.25) is 0 Å². The van der Waals surface area contributed by atoms with Gasteiger partial charge in [-0.05, 0) is 47.5 Å². The van der Waals surface area contributed by atoms with Gasteiger partial charge in [-0.25, -0.2) is 0 Å². The third kappa shape index (κ3) is 5.99. The highest BCUT2D eigenvalue weighted by molar-refractivity contribution is 6.19. The summed E-state index contributed by atoms with van der Waals surface area (Å²) in [5.74, 6) is 1.04. The smallest absolute Gasteiger partial charge is 0.192 e. The molecule has 0 heterocycles. The molecule has 162 valence electrons. The molecule has 0 saturated heterocycles. The molecule has 0 aliphatic carbocycles. The summed E-state index contributed by atoms with van der Waals surface area (Å²) >= 11 is 0. The lowest BCUT2D eigenvalue weighted by Crippen LogP contribution is -2.03. The summed E-state index contributed by atoms with van der Waals surface area (Å²) in [4.78, 5) is 23.8. The van der Waals surface area contributed by atoms with Crippen LogP contribution in [0.15, 0.2) is 59.9 Å². The van der Waals surface area contributed by atoms with Gasteiger partial charge < -0.3 is 24.1 Å². The molecule has 2 rings (SSSR count). The molecule has 0 aliphatic heterocycles. The molecule has 31 heavy (non-hydrogen) atoms. The summed E-state index contributed by atoms with van der Waals surface area (Å²) in [7, 11) is 6.07.